The zero-order valence-corrected chi connectivity index (χ0v) is 9.16. The number of hydrogen-bond donors (Lipinski definition) is 1. The molecule has 0 aliphatic rings. The van der Waals surface area contributed by atoms with E-state index in [-0.39, 0.29) is 12.4 Å². The molecule has 0 saturated heterocycles. The van der Waals surface area contributed by atoms with Crippen molar-refractivity contribution < 1.29 is 14.2 Å². The summed E-state index contributed by atoms with van der Waals surface area (Å²) in [6.45, 7) is 3.95. The van der Waals surface area contributed by atoms with Gasteiger partial charge in [0.25, 0.3) is 0 Å². The molecule has 1 atom stereocenters. The largest absolute Gasteiger partial charge is 0.491 e. The summed E-state index contributed by atoms with van der Waals surface area (Å²) in [5.74, 6) is 0.362. The summed E-state index contributed by atoms with van der Waals surface area (Å²) < 4.78 is 18.3. The van der Waals surface area contributed by atoms with Gasteiger partial charge in [-0.2, -0.15) is 0 Å². The van der Waals surface area contributed by atoms with E-state index < -0.39 is 6.10 Å². The van der Waals surface area contributed by atoms with Gasteiger partial charge in [-0.15, -0.1) is 0 Å². The summed E-state index contributed by atoms with van der Waals surface area (Å²) in [7, 11) is 0. The molecule has 1 rings (SSSR count). The topological polar surface area (TPSA) is 29.5 Å². The van der Waals surface area contributed by atoms with E-state index in [2.05, 4.69) is 0 Å². The van der Waals surface area contributed by atoms with Crippen LogP contribution in [0.1, 0.15) is 25.3 Å². The summed E-state index contributed by atoms with van der Waals surface area (Å²) in [5.41, 5.74) is 0.553. The van der Waals surface area contributed by atoms with Gasteiger partial charge in [0.05, 0.1) is 6.10 Å². The van der Waals surface area contributed by atoms with Crippen LogP contribution in [-0.2, 0) is 0 Å². The molecule has 0 aliphatic carbocycles. The van der Waals surface area contributed by atoms with Crippen LogP contribution in [0.2, 0.25) is 0 Å². The normalized spacial score (nSPS) is 12.5. The Balaban J connectivity index is 2.47. The van der Waals surface area contributed by atoms with Gasteiger partial charge in [0.15, 0.2) is 0 Å². The minimum absolute atomic E-state index is 0.239. The van der Waals surface area contributed by atoms with Crippen molar-refractivity contribution in [2.24, 2.45) is 0 Å². The number of hydrogen-bond acceptors (Lipinski definition) is 2. The third-order valence-corrected chi connectivity index (χ3v) is 2.19. The molecule has 0 aliphatic heterocycles. The third kappa shape index (κ3) is 3.88. The molecule has 2 nitrogen and oxygen atoms in total. The summed E-state index contributed by atoms with van der Waals surface area (Å²) >= 11 is 0. The van der Waals surface area contributed by atoms with Gasteiger partial charge >= 0.3 is 0 Å². The molecule has 0 aromatic heterocycles. The molecule has 15 heavy (non-hydrogen) atoms. The lowest BCUT2D eigenvalue weighted by atomic mass is 10.2. The van der Waals surface area contributed by atoms with E-state index in [0.29, 0.717) is 11.3 Å². The Hall–Kier alpha value is -1.09. The van der Waals surface area contributed by atoms with Crippen molar-refractivity contribution >= 4 is 0 Å². The molecule has 0 fully saturated rings. The number of aryl methyl sites for hydroxylation is 1. The second-order valence-electron chi connectivity index (χ2n) is 3.66. The molecule has 0 bridgehead atoms. The van der Waals surface area contributed by atoms with Crippen LogP contribution in [0.15, 0.2) is 18.2 Å². The molecule has 1 unspecified atom stereocenters. The van der Waals surface area contributed by atoms with Crippen LogP contribution in [0.25, 0.3) is 0 Å². The predicted molar refractivity (Wildman–Crippen MR) is 57.5 cm³/mol. The first-order chi connectivity index (χ1) is 7.13. The molecular weight excluding hydrogens is 195 g/mol. The lowest BCUT2D eigenvalue weighted by Gasteiger charge is -2.11. The van der Waals surface area contributed by atoms with E-state index in [4.69, 9.17) is 4.74 Å². The van der Waals surface area contributed by atoms with Crippen LogP contribution >= 0.6 is 0 Å². The van der Waals surface area contributed by atoms with Crippen molar-refractivity contribution in [3.05, 3.63) is 29.6 Å². The van der Waals surface area contributed by atoms with Crippen LogP contribution < -0.4 is 4.74 Å². The van der Waals surface area contributed by atoms with Gasteiger partial charge in [-0.25, -0.2) is 4.39 Å². The number of rotatable bonds is 5. The highest BCUT2D eigenvalue weighted by atomic mass is 19.1. The van der Waals surface area contributed by atoms with Crippen molar-refractivity contribution in [2.75, 3.05) is 6.61 Å². The number of halogens is 1. The van der Waals surface area contributed by atoms with Crippen LogP contribution in [0.5, 0.6) is 5.75 Å². The molecule has 1 aromatic carbocycles. The molecule has 1 aromatic rings. The summed E-state index contributed by atoms with van der Waals surface area (Å²) in [6.07, 6.45) is 1.20. The van der Waals surface area contributed by atoms with Gasteiger partial charge < -0.3 is 9.84 Å². The SMILES string of the molecule is CCCC(O)COc1ccc(F)c(C)c1. The fraction of sp³-hybridized carbons (Fsp3) is 0.500. The maximum absolute atomic E-state index is 12.9. The fourth-order valence-electron chi connectivity index (χ4n) is 1.32. The predicted octanol–water partition coefficient (Wildman–Crippen LogP) is 2.67. The first-order valence-corrected chi connectivity index (χ1v) is 5.20. The molecule has 84 valence electrons. The Morgan fingerprint density at radius 3 is 2.80 bits per heavy atom. The Bertz CT molecular complexity index is 312. The Labute approximate surface area is 89.7 Å². The van der Waals surface area contributed by atoms with Gasteiger partial charge in [-0.1, -0.05) is 13.3 Å². The van der Waals surface area contributed by atoms with E-state index >= 15 is 0 Å². The number of aliphatic hydroxyl groups is 1. The number of benzene rings is 1. The Morgan fingerprint density at radius 2 is 2.20 bits per heavy atom. The standard InChI is InChI=1S/C12H17FO2/c1-3-4-10(14)8-15-11-5-6-12(13)9(2)7-11/h5-7,10,14H,3-4,8H2,1-2H3. The zero-order chi connectivity index (χ0) is 11.3. The molecular formula is C12H17FO2. The molecule has 0 amide bonds. The highest BCUT2D eigenvalue weighted by Gasteiger charge is 2.04. The Kier molecular flexibility index (Phi) is 4.56. The van der Waals surface area contributed by atoms with Crippen molar-refractivity contribution in [3.8, 4) is 5.75 Å². The van der Waals surface area contributed by atoms with E-state index in [1.807, 2.05) is 6.92 Å². The minimum Gasteiger partial charge on any atom is -0.491 e. The maximum Gasteiger partial charge on any atom is 0.126 e. The molecule has 0 heterocycles. The zero-order valence-electron chi connectivity index (χ0n) is 9.16. The van der Waals surface area contributed by atoms with Crippen LogP contribution in [0.4, 0.5) is 4.39 Å². The van der Waals surface area contributed by atoms with Gasteiger partial charge in [0, 0.05) is 0 Å². The Morgan fingerprint density at radius 1 is 1.47 bits per heavy atom. The summed E-state index contributed by atoms with van der Waals surface area (Å²) in [4.78, 5) is 0. The average molecular weight is 212 g/mol. The molecule has 0 spiro atoms. The molecule has 3 heteroatoms. The van der Waals surface area contributed by atoms with Crippen LogP contribution in [-0.4, -0.2) is 17.8 Å². The van der Waals surface area contributed by atoms with Crippen molar-refractivity contribution in [2.45, 2.75) is 32.8 Å². The quantitative estimate of drug-likeness (QED) is 0.813. The number of ether oxygens (including phenoxy) is 1. The highest BCUT2D eigenvalue weighted by Crippen LogP contribution is 2.16. The summed E-state index contributed by atoms with van der Waals surface area (Å²) in [5, 5.41) is 9.44. The monoisotopic (exact) mass is 212 g/mol. The summed E-state index contributed by atoms with van der Waals surface area (Å²) in [6, 6.07) is 4.58. The number of aliphatic hydroxyl groups excluding tert-OH is 1. The second-order valence-corrected chi connectivity index (χ2v) is 3.66. The second kappa shape index (κ2) is 5.71. The maximum atomic E-state index is 12.9. The first-order valence-electron chi connectivity index (χ1n) is 5.20. The van der Waals surface area contributed by atoms with Gasteiger partial charge in [-0.3, -0.25) is 0 Å². The van der Waals surface area contributed by atoms with Gasteiger partial charge in [-0.05, 0) is 37.1 Å². The van der Waals surface area contributed by atoms with E-state index in [9.17, 15) is 9.50 Å². The van der Waals surface area contributed by atoms with Crippen LogP contribution in [0, 0.1) is 12.7 Å². The van der Waals surface area contributed by atoms with Crippen molar-refractivity contribution in [1.29, 1.82) is 0 Å². The average Bonchev–Trinajstić information content (AvgIpc) is 2.20. The van der Waals surface area contributed by atoms with E-state index in [1.54, 1.807) is 19.1 Å². The van der Waals surface area contributed by atoms with E-state index in [0.717, 1.165) is 12.8 Å². The fourth-order valence-corrected chi connectivity index (χ4v) is 1.32. The molecule has 0 saturated carbocycles. The van der Waals surface area contributed by atoms with Gasteiger partial charge in [0.1, 0.15) is 18.2 Å². The minimum atomic E-state index is -0.444. The smallest absolute Gasteiger partial charge is 0.126 e. The third-order valence-electron chi connectivity index (χ3n) is 2.19. The molecule has 0 radical (unpaired) electrons. The van der Waals surface area contributed by atoms with Gasteiger partial charge in [0.2, 0.25) is 0 Å². The van der Waals surface area contributed by atoms with Crippen LogP contribution in [0.3, 0.4) is 0 Å². The van der Waals surface area contributed by atoms with Crippen molar-refractivity contribution in [1.82, 2.24) is 0 Å². The van der Waals surface area contributed by atoms with E-state index in [1.165, 1.54) is 6.07 Å². The van der Waals surface area contributed by atoms with Crippen molar-refractivity contribution in [3.63, 3.8) is 0 Å². The lowest BCUT2D eigenvalue weighted by molar-refractivity contribution is 0.0993. The first kappa shape index (κ1) is 12.0. The lowest BCUT2D eigenvalue weighted by Crippen LogP contribution is -2.16. The highest BCUT2D eigenvalue weighted by molar-refractivity contribution is 5.28. The molecule has 1 N–H and O–H groups in total.